The minimum Gasteiger partial charge on any atom is -0.465 e. The average molecular weight is 397 g/mol. The first-order valence-electron chi connectivity index (χ1n) is 10.5. The Morgan fingerprint density at radius 3 is 1.86 bits per heavy atom. The first-order valence-corrected chi connectivity index (χ1v) is 10.5. The lowest BCUT2D eigenvalue weighted by Crippen LogP contribution is -2.42. The van der Waals surface area contributed by atoms with Gasteiger partial charge in [-0.25, -0.2) is 0 Å². The van der Waals surface area contributed by atoms with Crippen LogP contribution in [0.4, 0.5) is 0 Å². The molecule has 0 saturated heterocycles. The largest absolute Gasteiger partial charge is 0.465 e. The van der Waals surface area contributed by atoms with E-state index < -0.39 is 17.4 Å². The van der Waals surface area contributed by atoms with Crippen LogP contribution in [0.1, 0.15) is 49.8 Å². The van der Waals surface area contributed by atoms with E-state index in [9.17, 15) is 9.59 Å². The number of rotatable bonds is 11. The van der Waals surface area contributed by atoms with Crippen LogP contribution < -0.4 is 0 Å². The van der Waals surface area contributed by atoms with Gasteiger partial charge in [-0.2, -0.15) is 0 Å². The Labute approximate surface area is 174 Å². The Hall–Kier alpha value is -2.62. The molecule has 0 atom stereocenters. The van der Waals surface area contributed by atoms with Gasteiger partial charge in [-0.1, -0.05) is 60.2 Å². The summed E-state index contributed by atoms with van der Waals surface area (Å²) in [4.78, 5) is 25.9. The molecule has 2 aromatic carbocycles. The molecular weight excluding hydrogens is 364 g/mol. The monoisotopic (exact) mass is 396 g/mol. The topological polar surface area (TPSA) is 52.6 Å². The predicted molar refractivity (Wildman–Crippen MR) is 115 cm³/mol. The van der Waals surface area contributed by atoms with Crippen LogP contribution in [0.3, 0.4) is 0 Å². The van der Waals surface area contributed by atoms with Gasteiger partial charge in [0.15, 0.2) is 5.41 Å². The molecule has 0 N–H and O–H groups in total. The number of carbonyl (C=O) groups is 2. The molecule has 0 heterocycles. The van der Waals surface area contributed by atoms with Gasteiger partial charge in [-0.15, -0.1) is 0 Å². The molecule has 4 nitrogen and oxygen atoms in total. The predicted octanol–water partition coefficient (Wildman–Crippen LogP) is 5.06. The van der Waals surface area contributed by atoms with Crippen molar-refractivity contribution in [1.29, 1.82) is 0 Å². The second-order valence-electron chi connectivity index (χ2n) is 7.35. The summed E-state index contributed by atoms with van der Waals surface area (Å²) in [6, 6.07) is 18.2. The molecule has 0 bridgehead atoms. The Bertz CT molecular complexity index is 747. The molecule has 0 fully saturated rings. The van der Waals surface area contributed by atoms with E-state index in [0.717, 1.165) is 12.0 Å². The number of carbonyl (C=O) groups excluding carboxylic acids is 2. The van der Waals surface area contributed by atoms with Crippen LogP contribution in [-0.2, 0) is 31.9 Å². The first-order chi connectivity index (χ1) is 14.0. The van der Waals surface area contributed by atoms with Crippen molar-refractivity contribution in [3.8, 4) is 0 Å². The molecule has 0 amide bonds. The van der Waals surface area contributed by atoms with E-state index in [1.165, 1.54) is 11.1 Å². The lowest BCUT2D eigenvalue weighted by molar-refractivity contribution is -0.173. The van der Waals surface area contributed by atoms with Gasteiger partial charge in [-0.05, 0) is 64.0 Å². The summed E-state index contributed by atoms with van der Waals surface area (Å²) in [6.07, 6.45) is 2.90. The maximum atomic E-state index is 13.0. The van der Waals surface area contributed by atoms with Gasteiger partial charge in [-0.3, -0.25) is 9.59 Å². The number of ether oxygens (including phenoxy) is 2. The molecule has 0 radical (unpaired) electrons. The lowest BCUT2D eigenvalue weighted by Gasteiger charge is -2.29. The van der Waals surface area contributed by atoms with Gasteiger partial charge in [0.25, 0.3) is 0 Å². The molecule has 0 aliphatic heterocycles. The average Bonchev–Trinajstić information content (AvgIpc) is 2.73. The number of hydrogen-bond donors (Lipinski definition) is 0. The zero-order chi connectivity index (χ0) is 21.1. The van der Waals surface area contributed by atoms with Crippen molar-refractivity contribution in [1.82, 2.24) is 0 Å². The Morgan fingerprint density at radius 1 is 0.759 bits per heavy atom. The maximum Gasteiger partial charge on any atom is 0.323 e. The van der Waals surface area contributed by atoms with E-state index >= 15 is 0 Å². The van der Waals surface area contributed by atoms with Crippen LogP contribution >= 0.6 is 0 Å². The third-order valence-corrected chi connectivity index (χ3v) is 5.21. The van der Waals surface area contributed by atoms with Crippen molar-refractivity contribution in [3.05, 3.63) is 71.3 Å². The highest BCUT2D eigenvalue weighted by Gasteiger charge is 2.47. The SMILES string of the molecule is CCOC(=O)C(CCCc1ccc(C)cc1)(CCc1ccccc1)C(=O)OCC. The highest BCUT2D eigenvalue weighted by molar-refractivity contribution is 6.00. The Morgan fingerprint density at radius 2 is 1.31 bits per heavy atom. The number of benzene rings is 2. The third-order valence-electron chi connectivity index (χ3n) is 5.21. The van der Waals surface area contributed by atoms with Crippen LogP contribution in [0.5, 0.6) is 0 Å². The smallest absolute Gasteiger partial charge is 0.323 e. The van der Waals surface area contributed by atoms with Gasteiger partial charge in [0.05, 0.1) is 13.2 Å². The fourth-order valence-electron chi connectivity index (χ4n) is 3.51. The van der Waals surface area contributed by atoms with E-state index in [2.05, 4.69) is 31.2 Å². The van der Waals surface area contributed by atoms with E-state index in [1.807, 2.05) is 30.3 Å². The van der Waals surface area contributed by atoms with E-state index in [4.69, 9.17) is 9.47 Å². The van der Waals surface area contributed by atoms with Gasteiger partial charge in [0.2, 0.25) is 0 Å². The van der Waals surface area contributed by atoms with Gasteiger partial charge < -0.3 is 9.47 Å². The Balaban J connectivity index is 2.20. The zero-order valence-corrected chi connectivity index (χ0v) is 17.8. The summed E-state index contributed by atoms with van der Waals surface area (Å²) >= 11 is 0. The maximum absolute atomic E-state index is 13.0. The van der Waals surface area contributed by atoms with Crippen LogP contribution in [0.25, 0.3) is 0 Å². The Kier molecular flexibility index (Phi) is 8.91. The molecule has 0 saturated carbocycles. The highest BCUT2D eigenvalue weighted by atomic mass is 16.6. The summed E-state index contributed by atoms with van der Waals surface area (Å²) in [6.45, 7) is 6.06. The summed E-state index contributed by atoms with van der Waals surface area (Å²) < 4.78 is 10.7. The van der Waals surface area contributed by atoms with Crippen molar-refractivity contribution in [2.75, 3.05) is 13.2 Å². The van der Waals surface area contributed by atoms with Crippen LogP contribution in [0, 0.1) is 12.3 Å². The fourth-order valence-corrected chi connectivity index (χ4v) is 3.51. The van der Waals surface area contributed by atoms with Crippen molar-refractivity contribution < 1.29 is 19.1 Å². The molecule has 0 aromatic heterocycles. The number of esters is 2. The standard InChI is InChI=1S/C25H32O4/c1-4-28-23(26)25(24(27)29-5-2,19-17-21-10-7-6-8-11-21)18-9-12-22-15-13-20(3)14-16-22/h6-8,10-11,13-16H,4-5,9,12,17-19H2,1-3H3. The summed E-state index contributed by atoms with van der Waals surface area (Å²) in [5.41, 5.74) is 2.22. The zero-order valence-electron chi connectivity index (χ0n) is 17.8. The molecule has 2 rings (SSSR count). The summed E-state index contributed by atoms with van der Waals surface area (Å²) in [5, 5.41) is 0. The molecule has 4 heteroatoms. The van der Waals surface area contributed by atoms with Gasteiger partial charge in [0, 0.05) is 0 Å². The van der Waals surface area contributed by atoms with Crippen molar-refractivity contribution in [3.63, 3.8) is 0 Å². The van der Waals surface area contributed by atoms with Crippen molar-refractivity contribution >= 4 is 11.9 Å². The summed E-state index contributed by atoms with van der Waals surface area (Å²) in [7, 11) is 0. The normalized spacial score (nSPS) is 11.1. The van der Waals surface area contributed by atoms with Crippen LogP contribution in [0.2, 0.25) is 0 Å². The third kappa shape index (κ3) is 6.45. The quantitative estimate of drug-likeness (QED) is 0.393. The van der Waals surface area contributed by atoms with Crippen molar-refractivity contribution in [2.24, 2.45) is 5.41 Å². The minimum absolute atomic E-state index is 0.239. The van der Waals surface area contributed by atoms with Crippen molar-refractivity contribution in [2.45, 2.75) is 52.9 Å². The molecule has 0 spiro atoms. The van der Waals surface area contributed by atoms with Crippen LogP contribution in [0.15, 0.2) is 54.6 Å². The fraction of sp³-hybridized carbons (Fsp3) is 0.440. The minimum atomic E-state index is -1.27. The first kappa shape index (κ1) is 22.7. The molecule has 0 aliphatic rings. The number of hydrogen-bond acceptors (Lipinski definition) is 4. The van der Waals surface area contributed by atoms with E-state index in [-0.39, 0.29) is 13.2 Å². The molecule has 0 aliphatic carbocycles. The number of aryl methyl sites for hydroxylation is 3. The van der Waals surface area contributed by atoms with E-state index in [1.54, 1.807) is 13.8 Å². The second kappa shape index (κ2) is 11.4. The van der Waals surface area contributed by atoms with Crippen LogP contribution in [-0.4, -0.2) is 25.2 Å². The molecule has 29 heavy (non-hydrogen) atoms. The molecular formula is C25H32O4. The highest BCUT2D eigenvalue weighted by Crippen LogP contribution is 2.34. The van der Waals surface area contributed by atoms with E-state index in [0.29, 0.717) is 25.7 Å². The van der Waals surface area contributed by atoms with Gasteiger partial charge >= 0.3 is 11.9 Å². The molecule has 2 aromatic rings. The second-order valence-corrected chi connectivity index (χ2v) is 7.35. The molecule has 0 unspecified atom stereocenters. The lowest BCUT2D eigenvalue weighted by atomic mass is 9.77. The summed E-state index contributed by atoms with van der Waals surface area (Å²) in [5.74, 6) is -0.948. The van der Waals surface area contributed by atoms with Gasteiger partial charge in [0.1, 0.15) is 0 Å². The molecule has 156 valence electrons.